The number of hydrogen-bond acceptors (Lipinski definition) is 5. The van der Waals surface area contributed by atoms with E-state index in [1.54, 1.807) is 24.3 Å². The molecule has 0 saturated carbocycles. The summed E-state index contributed by atoms with van der Waals surface area (Å²) in [5.74, 6) is -0.144. The van der Waals surface area contributed by atoms with Gasteiger partial charge < -0.3 is 14.7 Å². The van der Waals surface area contributed by atoms with Crippen LogP contribution in [0.15, 0.2) is 60.3 Å². The summed E-state index contributed by atoms with van der Waals surface area (Å²) < 4.78 is 5.40. The van der Waals surface area contributed by atoms with Crippen molar-refractivity contribution in [2.24, 2.45) is 5.92 Å². The highest BCUT2D eigenvalue weighted by Gasteiger charge is 2.44. The summed E-state index contributed by atoms with van der Waals surface area (Å²) in [4.78, 5) is 30.2. The molecule has 150 valence electrons. The Morgan fingerprint density at radius 3 is 2.48 bits per heavy atom. The van der Waals surface area contributed by atoms with Crippen molar-refractivity contribution in [3.05, 3.63) is 65.9 Å². The molecule has 0 aliphatic carbocycles. The first-order valence-corrected chi connectivity index (χ1v) is 9.83. The third-order valence-corrected chi connectivity index (χ3v) is 5.54. The number of nitrogens with zero attached hydrogens (tertiary/aromatic N) is 2. The molecule has 29 heavy (non-hydrogen) atoms. The SMILES string of the molecule is COc1ccccc1N1C(=O)C(c2ccccc2)=C(N2CCCC(CO)C2)C1=O. The van der Waals surface area contributed by atoms with Crippen LogP contribution in [0.3, 0.4) is 0 Å². The lowest BCUT2D eigenvalue weighted by Gasteiger charge is -2.34. The van der Waals surface area contributed by atoms with Crippen LogP contribution < -0.4 is 9.64 Å². The lowest BCUT2D eigenvalue weighted by molar-refractivity contribution is -0.120. The van der Waals surface area contributed by atoms with E-state index in [0.29, 0.717) is 41.4 Å². The predicted molar refractivity (Wildman–Crippen MR) is 110 cm³/mol. The normalized spacial score (nSPS) is 19.9. The topological polar surface area (TPSA) is 70.1 Å². The molecule has 1 unspecified atom stereocenters. The zero-order valence-corrected chi connectivity index (χ0v) is 16.4. The second kappa shape index (κ2) is 8.09. The number of methoxy groups -OCH3 is 1. The molecule has 6 nitrogen and oxygen atoms in total. The highest BCUT2D eigenvalue weighted by Crippen LogP contribution is 2.39. The summed E-state index contributed by atoms with van der Waals surface area (Å²) in [6.07, 6.45) is 1.78. The molecule has 2 amide bonds. The Hall–Kier alpha value is -3.12. The number of aliphatic hydroxyl groups is 1. The van der Waals surface area contributed by atoms with Gasteiger partial charge in [0.25, 0.3) is 11.8 Å². The first kappa shape index (κ1) is 19.2. The van der Waals surface area contributed by atoms with Gasteiger partial charge in [0.1, 0.15) is 11.4 Å². The molecule has 2 aliphatic rings. The van der Waals surface area contributed by atoms with Gasteiger partial charge in [-0.3, -0.25) is 9.59 Å². The second-order valence-corrected chi connectivity index (χ2v) is 7.34. The zero-order chi connectivity index (χ0) is 20.4. The highest BCUT2D eigenvalue weighted by atomic mass is 16.5. The molecular formula is C23H24N2O4. The summed E-state index contributed by atoms with van der Waals surface area (Å²) in [6, 6.07) is 16.3. The Morgan fingerprint density at radius 1 is 1.03 bits per heavy atom. The molecule has 0 bridgehead atoms. The molecule has 0 aromatic heterocycles. The number of piperidine rings is 1. The first-order chi connectivity index (χ1) is 14.2. The molecule has 6 heteroatoms. The Kier molecular flexibility index (Phi) is 5.36. The maximum Gasteiger partial charge on any atom is 0.282 e. The van der Waals surface area contributed by atoms with Gasteiger partial charge in [-0.25, -0.2) is 4.90 Å². The number of amides is 2. The second-order valence-electron chi connectivity index (χ2n) is 7.34. The van der Waals surface area contributed by atoms with Gasteiger partial charge >= 0.3 is 0 Å². The van der Waals surface area contributed by atoms with Crippen LogP contribution in [-0.2, 0) is 9.59 Å². The van der Waals surface area contributed by atoms with E-state index in [2.05, 4.69) is 0 Å². The Bertz CT molecular complexity index is 954. The summed E-state index contributed by atoms with van der Waals surface area (Å²) in [5, 5.41) is 9.63. The molecule has 2 aliphatic heterocycles. The molecule has 2 aromatic rings. The minimum atomic E-state index is -0.355. The summed E-state index contributed by atoms with van der Waals surface area (Å²) >= 11 is 0. The van der Waals surface area contributed by atoms with E-state index < -0.39 is 0 Å². The molecule has 0 spiro atoms. The summed E-state index contributed by atoms with van der Waals surface area (Å²) in [7, 11) is 1.52. The minimum Gasteiger partial charge on any atom is -0.495 e. The van der Waals surface area contributed by atoms with E-state index in [4.69, 9.17) is 4.74 Å². The fourth-order valence-electron chi connectivity index (χ4n) is 4.13. The zero-order valence-electron chi connectivity index (χ0n) is 16.4. The molecule has 1 fully saturated rings. The van der Waals surface area contributed by atoms with Gasteiger partial charge in [0.2, 0.25) is 0 Å². The number of carbonyl (C=O) groups excluding carboxylic acids is 2. The summed E-state index contributed by atoms with van der Waals surface area (Å²) in [6.45, 7) is 1.31. The van der Waals surface area contributed by atoms with Gasteiger partial charge in [-0.05, 0) is 36.5 Å². The van der Waals surface area contributed by atoms with Crippen LogP contribution in [0.5, 0.6) is 5.75 Å². The van der Waals surface area contributed by atoms with Gasteiger partial charge in [0.15, 0.2) is 0 Å². The van der Waals surface area contributed by atoms with Crippen LogP contribution in [0.4, 0.5) is 5.69 Å². The van der Waals surface area contributed by atoms with Crippen LogP contribution in [0.2, 0.25) is 0 Å². The fraction of sp³-hybridized carbons (Fsp3) is 0.304. The van der Waals surface area contributed by atoms with Crippen molar-refractivity contribution in [3.8, 4) is 5.75 Å². The molecule has 1 saturated heterocycles. The minimum absolute atomic E-state index is 0.0722. The average Bonchev–Trinajstić information content (AvgIpc) is 3.04. The van der Waals surface area contributed by atoms with Crippen molar-refractivity contribution in [2.45, 2.75) is 12.8 Å². The summed E-state index contributed by atoms with van der Waals surface area (Å²) in [5.41, 5.74) is 1.96. The number of benzene rings is 2. The monoisotopic (exact) mass is 392 g/mol. The fourth-order valence-corrected chi connectivity index (χ4v) is 4.13. The van der Waals surface area contributed by atoms with Gasteiger partial charge in [0, 0.05) is 19.7 Å². The van der Waals surface area contributed by atoms with Gasteiger partial charge in [0.05, 0.1) is 18.4 Å². The van der Waals surface area contributed by atoms with Crippen molar-refractivity contribution in [1.82, 2.24) is 4.90 Å². The third-order valence-electron chi connectivity index (χ3n) is 5.54. The number of hydrogen-bond donors (Lipinski definition) is 1. The number of rotatable bonds is 5. The van der Waals surface area contributed by atoms with E-state index in [9.17, 15) is 14.7 Å². The molecular weight excluding hydrogens is 368 g/mol. The number of imide groups is 1. The van der Waals surface area contributed by atoms with E-state index >= 15 is 0 Å². The van der Waals surface area contributed by atoms with Crippen LogP contribution in [0, 0.1) is 5.92 Å². The Morgan fingerprint density at radius 2 is 1.76 bits per heavy atom. The van der Waals surface area contributed by atoms with E-state index in [1.165, 1.54) is 12.0 Å². The molecule has 0 radical (unpaired) electrons. The molecule has 4 rings (SSSR count). The maximum atomic E-state index is 13.6. The predicted octanol–water partition coefficient (Wildman–Crippen LogP) is 2.68. The van der Waals surface area contributed by atoms with Gasteiger partial charge in [-0.2, -0.15) is 0 Å². The van der Waals surface area contributed by atoms with Crippen molar-refractivity contribution in [3.63, 3.8) is 0 Å². The maximum absolute atomic E-state index is 13.6. The standard InChI is InChI=1S/C23H24N2O4/c1-29-19-12-6-5-11-18(19)25-22(27)20(17-9-3-2-4-10-17)21(23(25)28)24-13-7-8-16(14-24)15-26/h2-6,9-12,16,26H,7-8,13-15H2,1H3. The lowest BCUT2D eigenvalue weighted by Crippen LogP contribution is -2.40. The number of aliphatic hydroxyl groups excluding tert-OH is 1. The Balaban J connectivity index is 1.82. The highest BCUT2D eigenvalue weighted by molar-refractivity contribution is 6.45. The van der Waals surface area contributed by atoms with E-state index in [1.807, 2.05) is 35.2 Å². The quantitative estimate of drug-likeness (QED) is 0.793. The van der Waals surface area contributed by atoms with Crippen LogP contribution in [0.25, 0.3) is 5.57 Å². The van der Waals surface area contributed by atoms with Crippen molar-refractivity contribution >= 4 is 23.1 Å². The van der Waals surface area contributed by atoms with Gasteiger partial charge in [-0.15, -0.1) is 0 Å². The lowest BCUT2D eigenvalue weighted by atomic mass is 9.97. The van der Waals surface area contributed by atoms with Crippen molar-refractivity contribution < 1.29 is 19.4 Å². The molecule has 1 atom stereocenters. The number of likely N-dealkylation sites (tertiary alicyclic amines) is 1. The van der Waals surface area contributed by atoms with Crippen LogP contribution >= 0.6 is 0 Å². The third kappa shape index (κ3) is 3.40. The Labute approximate surface area is 170 Å². The number of carbonyl (C=O) groups is 2. The number of ether oxygens (including phenoxy) is 1. The van der Waals surface area contributed by atoms with Gasteiger partial charge in [-0.1, -0.05) is 42.5 Å². The molecule has 2 aromatic carbocycles. The molecule has 2 heterocycles. The number of para-hydroxylation sites is 2. The number of anilines is 1. The first-order valence-electron chi connectivity index (χ1n) is 9.83. The van der Waals surface area contributed by atoms with Crippen LogP contribution in [0.1, 0.15) is 18.4 Å². The average molecular weight is 392 g/mol. The molecule has 1 N–H and O–H groups in total. The van der Waals surface area contributed by atoms with Crippen molar-refractivity contribution in [2.75, 3.05) is 31.7 Å². The largest absolute Gasteiger partial charge is 0.495 e. The van der Waals surface area contributed by atoms with E-state index in [0.717, 1.165) is 12.8 Å². The smallest absolute Gasteiger partial charge is 0.282 e. The van der Waals surface area contributed by atoms with Crippen LogP contribution in [-0.4, -0.2) is 48.6 Å². The van der Waals surface area contributed by atoms with Crippen molar-refractivity contribution in [1.29, 1.82) is 0 Å². The van der Waals surface area contributed by atoms with E-state index in [-0.39, 0.29) is 24.3 Å².